The zero-order chi connectivity index (χ0) is 26.6. The van der Waals surface area contributed by atoms with Crippen molar-refractivity contribution >= 4 is 46.7 Å². The molecule has 0 spiro atoms. The van der Waals surface area contributed by atoms with Crippen molar-refractivity contribution in [2.24, 2.45) is 7.05 Å². The van der Waals surface area contributed by atoms with Crippen LogP contribution in [0, 0.1) is 6.92 Å². The number of halogens is 1. The van der Waals surface area contributed by atoms with Crippen LogP contribution in [0.3, 0.4) is 0 Å². The lowest BCUT2D eigenvalue weighted by Crippen LogP contribution is -2.47. The first-order chi connectivity index (χ1) is 18.4. The number of benzene rings is 2. The third kappa shape index (κ3) is 5.40. The molecule has 2 aromatic heterocycles. The normalized spacial score (nSPS) is 13.5. The van der Waals surface area contributed by atoms with E-state index in [-0.39, 0.29) is 5.91 Å². The van der Waals surface area contributed by atoms with Gasteiger partial charge in [-0.15, -0.1) is 0 Å². The quantitative estimate of drug-likeness (QED) is 0.360. The van der Waals surface area contributed by atoms with Crippen molar-refractivity contribution in [3.05, 3.63) is 76.8 Å². The second-order valence-electron chi connectivity index (χ2n) is 9.08. The molecule has 0 atom stereocenters. The van der Waals surface area contributed by atoms with Gasteiger partial charge in [0.2, 0.25) is 17.8 Å². The number of para-hydroxylation sites is 2. The summed E-state index contributed by atoms with van der Waals surface area (Å²) in [6.45, 7) is 7.26. The molecule has 0 unspecified atom stereocenters. The number of imidazole rings is 1. The molecular weight excluding hydrogens is 502 g/mol. The third-order valence-electron chi connectivity index (χ3n) is 6.57. The SMILES string of the molecule is CCc1nc(Nc2ncc(C(=O)Nc3c(C)cccc3Cl)n2C)nc(N2CCN(c3ccccc3)CC2)n1. The van der Waals surface area contributed by atoms with E-state index >= 15 is 0 Å². The Kier molecular flexibility index (Phi) is 7.41. The van der Waals surface area contributed by atoms with Crippen molar-refractivity contribution in [3.8, 4) is 0 Å². The van der Waals surface area contributed by atoms with Gasteiger partial charge < -0.3 is 19.7 Å². The highest BCUT2D eigenvalue weighted by Gasteiger charge is 2.22. The summed E-state index contributed by atoms with van der Waals surface area (Å²) in [5.74, 6) is 1.84. The van der Waals surface area contributed by atoms with Gasteiger partial charge in [0.1, 0.15) is 11.5 Å². The summed E-state index contributed by atoms with van der Waals surface area (Å²) in [6, 6.07) is 15.9. The maximum absolute atomic E-state index is 13.0. The standard InChI is InChI=1S/C27H30ClN9O/c1-4-22-30-25(34-27(31-22)37-15-13-36(14-16-37)19-10-6-5-7-11-19)33-26-29-17-21(35(26)3)24(38)32-23-18(2)9-8-12-20(23)28/h5-12,17H,4,13-16H2,1-3H3,(H,32,38)(H,29,30,31,33,34). The number of nitrogens with one attached hydrogen (secondary N) is 2. The van der Waals surface area contributed by atoms with Crippen LogP contribution in [0.1, 0.15) is 28.8 Å². The molecule has 10 nitrogen and oxygen atoms in total. The minimum Gasteiger partial charge on any atom is -0.368 e. The van der Waals surface area contributed by atoms with Gasteiger partial charge in [-0.1, -0.05) is 48.9 Å². The van der Waals surface area contributed by atoms with Crippen molar-refractivity contribution in [3.63, 3.8) is 0 Å². The van der Waals surface area contributed by atoms with Crippen LogP contribution in [0.15, 0.2) is 54.7 Å². The van der Waals surface area contributed by atoms with Crippen LogP contribution in [0.5, 0.6) is 0 Å². The van der Waals surface area contributed by atoms with Gasteiger partial charge in [0, 0.05) is 45.3 Å². The number of hydrogen-bond donors (Lipinski definition) is 2. The number of rotatable bonds is 7. The van der Waals surface area contributed by atoms with E-state index in [9.17, 15) is 4.79 Å². The number of amides is 1. The van der Waals surface area contributed by atoms with Crippen LogP contribution in [0.4, 0.5) is 29.2 Å². The van der Waals surface area contributed by atoms with Crippen molar-refractivity contribution in [1.29, 1.82) is 0 Å². The highest BCUT2D eigenvalue weighted by atomic mass is 35.5. The molecule has 1 amide bonds. The van der Waals surface area contributed by atoms with Crippen molar-refractivity contribution < 1.29 is 4.79 Å². The van der Waals surface area contributed by atoms with Crippen LogP contribution in [-0.4, -0.2) is 56.6 Å². The summed E-state index contributed by atoms with van der Waals surface area (Å²) in [6.07, 6.45) is 2.18. The number of carbonyl (C=O) groups is 1. The lowest BCUT2D eigenvalue weighted by molar-refractivity contribution is 0.101. The summed E-state index contributed by atoms with van der Waals surface area (Å²) in [4.78, 5) is 35.8. The Morgan fingerprint density at radius 3 is 2.42 bits per heavy atom. The van der Waals surface area contributed by atoms with E-state index in [0.717, 1.165) is 31.7 Å². The largest absolute Gasteiger partial charge is 0.368 e. The topological polar surface area (TPSA) is 104 Å². The Morgan fingerprint density at radius 2 is 1.71 bits per heavy atom. The Balaban J connectivity index is 1.31. The first kappa shape index (κ1) is 25.5. The number of piperazine rings is 1. The van der Waals surface area contributed by atoms with Crippen molar-refractivity contribution in [2.45, 2.75) is 20.3 Å². The average molecular weight is 532 g/mol. The number of anilines is 5. The molecule has 0 aliphatic carbocycles. The lowest BCUT2D eigenvalue weighted by atomic mass is 10.2. The Labute approximate surface area is 226 Å². The smallest absolute Gasteiger partial charge is 0.274 e. The van der Waals surface area contributed by atoms with Crippen LogP contribution in [-0.2, 0) is 13.5 Å². The van der Waals surface area contributed by atoms with Gasteiger partial charge >= 0.3 is 0 Å². The Bertz CT molecular complexity index is 1410. The minimum absolute atomic E-state index is 0.314. The fourth-order valence-corrected chi connectivity index (χ4v) is 4.64. The molecule has 4 aromatic rings. The first-order valence-corrected chi connectivity index (χ1v) is 13.0. The number of aromatic nitrogens is 5. The molecule has 2 aromatic carbocycles. The molecule has 0 saturated carbocycles. The highest BCUT2D eigenvalue weighted by Crippen LogP contribution is 2.26. The van der Waals surface area contributed by atoms with Gasteiger partial charge in [-0.3, -0.25) is 10.1 Å². The Morgan fingerprint density at radius 1 is 0.974 bits per heavy atom. The Hall–Kier alpha value is -4.18. The zero-order valence-corrected chi connectivity index (χ0v) is 22.4. The van der Waals surface area contributed by atoms with Crippen molar-refractivity contribution in [1.82, 2.24) is 24.5 Å². The molecule has 1 saturated heterocycles. The van der Waals surface area contributed by atoms with Crippen LogP contribution < -0.4 is 20.4 Å². The maximum atomic E-state index is 13.0. The zero-order valence-electron chi connectivity index (χ0n) is 21.6. The summed E-state index contributed by atoms with van der Waals surface area (Å²) in [7, 11) is 1.76. The second kappa shape index (κ2) is 11.1. The molecular formula is C27H30ClN9O. The molecule has 0 bridgehead atoms. The van der Waals surface area contributed by atoms with Crippen molar-refractivity contribution in [2.75, 3.05) is 46.6 Å². The maximum Gasteiger partial charge on any atom is 0.274 e. The van der Waals surface area contributed by atoms with E-state index in [1.807, 2.05) is 32.0 Å². The highest BCUT2D eigenvalue weighted by molar-refractivity contribution is 6.34. The van der Waals surface area contributed by atoms with E-state index in [4.69, 9.17) is 11.6 Å². The molecule has 1 fully saturated rings. The second-order valence-corrected chi connectivity index (χ2v) is 9.48. The first-order valence-electron chi connectivity index (χ1n) is 12.6. The summed E-state index contributed by atoms with van der Waals surface area (Å²) < 4.78 is 1.66. The molecule has 1 aliphatic rings. The lowest BCUT2D eigenvalue weighted by Gasteiger charge is -2.36. The fraction of sp³-hybridized carbons (Fsp3) is 0.296. The third-order valence-corrected chi connectivity index (χ3v) is 6.89. The predicted molar refractivity (Wildman–Crippen MR) is 151 cm³/mol. The van der Waals surface area contributed by atoms with Crippen LogP contribution in [0.2, 0.25) is 5.02 Å². The summed E-state index contributed by atoms with van der Waals surface area (Å²) in [5.41, 5.74) is 3.05. The van der Waals surface area contributed by atoms with Gasteiger partial charge in [0.05, 0.1) is 16.9 Å². The molecule has 5 rings (SSSR count). The van der Waals surface area contributed by atoms with Crippen LogP contribution in [0.25, 0.3) is 0 Å². The van der Waals surface area contributed by atoms with E-state index in [1.54, 1.807) is 17.7 Å². The van der Waals surface area contributed by atoms with Gasteiger partial charge in [-0.2, -0.15) is 15.0 Å². The van der Waals surface area contributed by atoms with Gasteiger partial charge in [0.25, 0.3) is 5.91 Å². The molecule has 11 heteroatoms. The molecule has 196 valence electrons. The molecule has 1 aliphatic heterocycles. The number of carbonyl (C=O) groups excluding carboxylic acids is 1. The molecule has 2 N–H and O–H groups in total. The summed E-state index contributed by atoms with van der Waals surface area (Å²) in [5, 5.41) is 6.54. The van der Waals surface area contributed by atoms with Crippen LogP contribution >= 0.6 is 11.6 Å². The van der Waals surface area contributed by atoms with E-state index in [2.05, 4.69) is 64.6 Å². The van der Waals surface area contributed by atoms with Gasteiger partial charge in [-0.05, 0) is 30.7 Å². The number of nitrogens with zero attached hydrogens (tertiary/aromatic N) is 7. The molecule has 38 heavy (non-hydrogen) atoms. The van der Waals surface area contributed by atoms with Gasteiger partial charge in [0.15, 0.2) is 0 Å². The minimum atomic E-state index is -0.314. The number of aryl methyl sites for hydroxylation is 2. The molecule has 0 radical (unpaired) electrons. The summed E-state index contributed by atoms with van der Waals surface area (Å²) >= 11 is 6.28. The average Bonchev–Trinajstić information content (AvgIpc) is 3.30. The monoisotopic (exact) mass is 531 g/mol. The predicted octanol–water partition coefficient (Wildman–Crippen LogP) is 4.45. The number of hydrogen-bond acceptors (Lipinski definition) is 8. The van der Waals surface area contributed by atoms with E-state index in [1.165, 1.54) is 11.9 Å². The molecule has 3 heterocycles. The van der Waals surface area contributed by atoms with Gasteiger partial charge in [-0.25, -0.2) is 4.98 Å². The van der Waals surface area contributed by atoms with E-state index in [0.29, 0.717) is 46.5 Å². The van der Waals surface area contributed by atoms with E-state index < -0.39 is 0 Å². The fourth-order valence-electron chi connectivity index (χ4n) is 4.37.